The van der Waals surface area contributed by atoms with Crippen molar-refractivity contribution in [1.29, 1.82) is 0 Å². The van der Waals surface area contributed by atoms with Crippen molar-refractivity contribution in [3.8, 4) is 0 Å². The first-order valence-electron chi connectivity index (χ1n) is 7.20. The van der Waals surface area contributed by atoms with E-state index in [1.807, 2.05) is 12.1 Å². The van der Waals surface area contributed by atoms with Gasteiger partial charge in [0, 0.05) is 25.6 Å². The Morgan fingerprint density at radius 1 is 1.20 bits per heavy atom. The summed E-state index contributed by atoms with van der Waals surface area (Å²) in [6.07, 6.45) is 2.28. The third kappa shape index (κ3) is 5.19. The number of aliphatic imine (C=N–C) groups is 1. The quantitative estimate of drug-likeness (QED) is 0.477. The third-order valence-corrected chi connectivity index (χ3v) is 3.37. The van der Waals surface area contributed by atoms with Crippen LogP contribution < -0.4 is 10.6 Å². The number of halogens is 1. The summed E-state index contributed by atoms with van der Waals surface area (Å²) in [5.74, 6) is 0.614. The van der Waals surface area contributed by atoms with E-state index in [1.165, 1.54) is 12.1 Å². The Hall–Kier alpha value is -1.58. The van der Waals surface area contributed by atoms with Gasteiger partial charge in [-0.05, 0) is 24.1 Å². The molecule has 0 unspecified atom stereocenters. The summed E-state index contributed by atoms with van der Waals surface area (Å²) in [4.78, 5) is 4.21. The summed E-state index contributed by atoms with van der Waals surface area (Å²) in [6, 6.07) is 6.69. The van der Waals surface area contributed by atoms with E-state index in [2.05, 4.69) is 36.4 Å². The van der Waals surface area contributed by atoms with E-state index in [9.17, 15) is 4.39 Å². The van der Waals surface area contributed by atoms with Crippen LogP contribution in [0.2, 0.25) is 0 Å². The Morgan fingerprint density at radius 3 is 2.40 bits per heavy atom. The van der Waals surface area contributed by atoms with E-state index in [4.69, 9.17) is 0 Å². The van der Waals surface area contributed by atoms with Gasteiger partial charge in [0.05, 0.1) is 0 Å². The Balaban J connectivity index is 2.55. The van der Waals surface area contributed by atoms with Gasteiger partial charge in [0.2, 0.25) is 0 Å². The molecule has 0 spiro atoms. The lowest BCUT2D eigenvalue weighted by atomic mass is 9.84. The van der Waals surface area contributed by atoms with Crippen molar-refractivity contribution in [2.45, 2.75) is 39.0 Å². The Bertz CT molecular complexity index is 424. The van der Waals surface area contributed by atoms with Gasteiger partial charge in [-0.15, -0.1) is 0 Å². The second-order valence-electron chi connectivity index (χ2n) is 5.60. The molecule has 1 rings (SSSR count). The number of unbranched alkanes of at least 4 members (excludes halogenated alkanes) is 1. The monoisotopic (exact) mass is 279 g/mol. The molecule has 0 atom stereocenters. The molecule has 20 heavy (non-hydrogen) atoms. The number of nitrogens with one attached hydrogen (secondary N) is 2. The topological polar surface area (TPSA) is 36.4 Å². The summed E-state index contributed by atoms with van der Waals surface area (Å²) < 4.78 is 13.0. The third-order valence-electron chi connectivity index (χ3n) is 3.37. The maximum absolute atomic E-state index is 13.0. The molecule has 112 valence electrons. The standard InChI is InChI=1S/C16H26FN3/c1-5-6-11-19-15(18-4)20-12-16(2,3)13-7-9-14(17)10-8-13/h7-10H,5-6,11-12H2,1-4H3,(H2,18,19,20). The van der Waals surface area contributed by atoms with Crippen molar-refractivity contribution < 1.29 is 4.39 Å². The molecular formula is C16H26FN3. The van der Waals surface area contributed by atoms with Crippen molar-refractivity contribution in [2.24, 2.45) is 4.99 Å². The minimum Gasteiger partial charge on any atom is -0.356 e. The normalized spacial score (nSPS) is 12.3. The molecule has 0 fully saturated rings. The van der Waals surface area contributed by atoms with Gasteiger partial charge in [0.1, 0.15) is 5.82 Å². The average Bonchev–Trinajstić information content (AvgIpc) is 2.43. The van der Waals surface area contributed by atoms with Gasteiger partial charge >= 0.3 is 0 Å². The molecule has 0 aliphatic heterocycles. The fourth-order valence-corrected chi connectivity index (χ4v) is 1.91. The van der Waals surface area contributed by atoms with Gasteiger partial charge in [-0.2, -0.15) is 0 Å². The lowest BCUT2D eigenvalue weighted by Crippen LogP contribution is -2.43. The first-order chi connectivity index (χ1) is 9.49. The lowest BCUT2D eigenvalue weighted by molar-refractivity contribution is 0.506. The predicted octanol–water partition coefficient (Wildman–Crippen LogP) is 3.07. The van der Waals surface area contributed by atoms with Crippen LogP contribution in [0, 0.1) is 5.82 Å². The molecule has 0 heterocycles. The summed E-state index contributed by atoms with van der Waals surface area (Å²) >= 11 is 0. The smallest absolute Gasteiger partial charge is 0.191 e. The highest BCUT2D eigenvalue weighted by Crippen LogP contribution is 2.22. The summed E-state index contributed by atoms with van der Waals surface area (Å²) in [6.45, 7) is 8.09. The molecule has 0 bridgehead atoms. The minimum absolute atomic E-state index is 0.0872. The lowest BCUT2D eigenvalue weighted by Gasteiger charge is -2.26. The highest BCUT2D eigenvalue weighted by Gasteiger charge is 2.20. The van der Waals surface area contributed by atoms with Crippen molar-refractivity contribution in [2.75, 3.05) is 20.1 Å². The second-order valence-corrected chi connectivity index (χ2v) is 5.60. The van der Waals surface area contributed by atoms with Gasteiger partial charge in [-0.1, -0.05) is 39.3 Å². The second kappa shape index (κ2) is 7.88. The maximum Gasteiger partial charge on any atom is 0.191 e. The molecule has 0 saturated heterocycles. The van der Waals surface area contributed by atoms with Gasteiger partial charge in [-0.25, -0.2) is 4.39 Å². The summed E-state index contributed by atoms with van der Waals surface area (Å²) in [7, 11) is 1.77. The molecule has 0 aliphatic carbocycles. The zero-order valence-electron chi connectivity index (χ0n) is 13.0. The van der Waals surface area contributed by atoms with Crippen LogP contribution in [0.4, 0.5) is 4.39 Å². The van der Waals surface area contributed by atoms with Gasteiger partial charge in [0.15, 0.2) is 5.96 Å². The van der Waals surface area contributed by atoms with Crippen LogP contribution in [0.5, 0.6) is 0 Å². The van der Waals surface area contributed by atoms with Crippen LogP contribution in [-0.2, 0) is 5.41 Å². The molecule has 1 aromatic carbocycles. The van der Waals surface area contributed by atoms with E-state index in [0.717, 1.165) is 37.5 Å². The van der Waals surface area contributed by atoms with Crippen LogP contribution in [0.15, 0.2) is 29.3 Å². The number of hydrogen-bond acceptors (Lipinski definition) is 1. The molecule has 0 amide bonds. The van der Waals surface area contributed by atoms with Crippen LogP contribution in [0.3, 0.4) is 0 Å². The number of rotatable bonds is 6. The molecule has 2 N–H and O–H groups in total. The summed E-state index contributed by atoms with van der Waals surface area (Å²) in [5.41, 5.74) is 1.02. The number of nitrogens with zero attached hydrogens (tertiary/aromatic N) is 1. The molecule has 0 saturated carbocycles. The SMILES string of the molecule is CCCCNC(=NC)NCC(C)(C)c1ccc(F)cc1. The van der Waals surface area contributed by atoms with E-state index < -0.39 is 0 Å². The van der Waals surface area contributed by atoms with Crippen molar-refractivity contribution in [1.82, 2.24) is 10.6 Å². The highest BCUT2D eigenvalue weighted by molar-refractivity contribution is 5.79. The highest BCUT2D eigenvalue weighted by atomic mass is 19.1. The Labute approximate surface area is 121 Å². The largest absolute Gasteiger partial charge is 0.356 e. The molecule has 4 heteroatoms. The van der Waals surface area contributed by atoms with Crippen molar-refractivity contribution >= 4 is 5.96 Å². The zero-order valence-corrected chi connectivity index (χ0v) is 13.0. The molecule has 3 nitrogen and oxygen atoms in total. The van der Waals surface area contributed by atoms with Gasteiger partial charge in [0.25, 0.3) is 0 Å². The van der Waals surface area contributed by atoms with Crippen LogP contribution in [0.1, 0.15) is 39.2 Å². The minimum atomic E-state index is -0.199. The van der Waals surface area contributed by atoms with Crippen LogP contribution in [0.25, 0.3) is 0 Å². The molecule has 0 aliphatic rings. The molecule has 0 aromatic heterocycles. The summed E-state index contributed by atoms with van der Waals surface area (Å²) in [5, 5.41) is 6.61. The number of guanidine groups is 1. The average molecular weight is 279 g/mol. The van der Waals surface area contributed by atoms with Crippen LogP contribution in [-0.4, -0.2) is 26.1 Å². The molecule has 0 radical (unpaired) electrons. The fourth-order valence-electron chi connectivity index (χ4n) is 1.91. The predicted molar refractivity (Wildman–Crippen MR) is 83.7 cm³/mol. The zero-order chi connectivity index (χ0) is 15.0. The Morgan fingerprint density at radius 2 is 1.85 bits per heavy atom. The van der Waals surface area contributed by atoms with Gasteiger partial charge < -0.3 is 10.6 Å². The first kappa shape index (κ1) is 16.5. The van der Waals surface area contributed by atoms with E-state index in [1.54, 1.807) is 7.05 Å². The van der Waals surface area contributed by atoms with Crippen molar-refractivity contribution in [3.63, 3.8) is 0 Å². The van der Waals surface area contributed by atoms with Gasteiger partial charge in [-0.3, -0.25) is 4.99 Å². The van der Waals surface area contributed by atoms with E-state index >= 15 is 0 Å². The van der Waals surface area contributed by atoms with Crippen molar-refractivity contribution in [3.05, 3.63) is 35.6 Å². The maximum atomic E-state index is 13.0. The van der Waals surface area contributed by atoms with Crippen LogP contribution >= 0.6 is 0 Å². The first-order valence-corrected chi connectivity index (χ1v) is 7.20. The fraction of sp³-hybridized carbons (Fsp3) is 0.562. The van der Waals surface area contributed by atoms with E-state index in [0.29, 0.717) is 0 Å². The Kier molecular flexibility index (Phi) is 6.49. The number of hydrogen-bond donors (Lipinski definition) is 2. The molecule has 1 aromatic rings. The number of benzene rings is 1. The molecular weight excluding hydrogens is 253 g/mol. The van der Waals surface area contributed by atoms with E-state index in [-0.39, 0.29) is 11.2 Å².